The van der Waals surface area contributed by atoms with Gasteiger partial charge in [0.15, 0.2) is 0 Å². The van der Waals surface area contributed by atoms with E-state index in [-0.39, 0.29) is 34.8 Å². The second-order valence-electron chi connectivity index (χ2n) is 7.69. The number of amides is 2. The summed E-state index contributed by atoms with van der Waals surface area (Å²) in [5, 5.41) is 45.3. The van der Waals surface area contributed by atoms with E-state index in [1.165, 1.54) is 48.8 Å². The lowest BCUT2D eigenvalue weighted by Crippen LogP contribution is -2.17. The van der Waals surface area contributed by atoms with Crippen LogP contribution in [0.15, 0.2) is 46.6 Å². The van der Waals surface area contributed by atoms with Crippen LogP contribution in [-0.2, 0) is 9.59 Å². The van der Waals surface area contributed by atoms with Crippen LogP contribution in [0.5, 0.6) is 23.0 Å². The van der Waals surface area contributed by atoms with Gasteiger partial charge in [-0.1, -0.05) is 25.7 Å². The fourth-order valence-corrected chi connectivity index (χ4v) is 3.02. The van der Waals surface area contributed by atoms with Crippen LogP contribution >= 0.6 is 0 Å². The third-order valence-electron chi connectivity index (χ3n) is 4.87. The fraction of sp³-hybridized carbons (Fsp3) is 0.333. The number of hydrazone groups is 2. The molecular weight excluding hydrogens is 440 g/mol. The molecule has 0 aliphatic rings. The summed E-state index contributed by atoms with van der Waals surface area (Å²) in [6.45, 7) is 0. The molecule has 10 heteroatoms. The number of benzene rings is 2. The number of hydrogen-bond acceptors (Lipinski definition) is 8. The minimum absolute atomic E-state index is 0.0556. The molecule has 0 unspecified atom stereocenters. The number of phenols is 4. The summed E-state index contributed by atoms with van der Waals surface area (Å²) in [4.78, 5) is 23.6. The minimum atomic E-state index is -0.215. The van der Waals surface area contributed by atoms with E-state index >= 15 is 0 Å². The quantitative estimate of drug-likeness (QED) is 0.149. The first-order valence-corrected chi connectivity index (χ1v) is 11.0. The summed E-state index contributed by atoms with van der Waals surface area (Å²) in [5.74, 6) is -0.796. The Bertz CT molecular complexity index is 941. The molecule has 2 aromatic carbocycles. The molecular formula is C24H30N4O6. The zero-order valence-electron chi connectivity index (χ0n) is 18.8. The van der Waals surface area contributed by atoms with Crippen LogP contribution in [0.1, 0.15) is 62.5 Å². The summed E-state index contributed by atoms with van der Waals surface area (Å²) < 4.78 is 0. The average Bonchev–Trinajstić information content (AvgIpc) is 2.78. The van der Waals surface area contributed by atoms with Crippen molar-refractivity contribution in [2.45, 2.75) is 51.4 Å². The van der Waals surface area contributed by atoms with E-state index in [1.54, 1.807) is 0 Å². The van der Waals surface area contributed by atoms with Crippen molar-refractivity contribution in [2.75, 3.05) is 0 Å². The molecule has 0 aliphatic carbocycles. The Morgan fingerprint density at radius 1 is 0.647 bits per heavy atom. The standard InChI is InChI=1S/C24H30N4O6/c29-19-11-9-17(21(31)13-19)15-25-27-23(33)7-5-3-1-2-4-6-8-24(34)28-26-16-18-10-12-20(30)14-22(18)32/h9-16,29-32H,1-8H2,(H,27,33)(H,28,34)/b25-15-,26-16-. The van der Waals surface area contributed by atoms with Crippen LogP contribution in [-0.4, -0.2) is 44.7 Å². The Morgan fingerprint density at radius 2 is 1.03 bits per heavy atom. The topological polar surface area (TPSA) is 164 Å². The summed E-state index contributed by atoms with van der Waals surface area (Å²) in [6, 6.07) is 8.18. The molecule has 0 heterocycles. The first-order valence-electron chi connectivity index (χ1n) is 11.0. The van der Waals surface area contributed by atoms with Gasteiger partial charge in [0.05, 0.1) is 12.4 Å². The molecule has 0 radical (unpaired) electrons. The van der Waals surface area contributed by atoms with Gasteiger partial charge < -0.3 is 20.4 Å². The fourth-order valence-electron chi connectivity index (χ4n) is 3.02. The predicted octanol–water partition coefficient (Wildman–Crippen LogP) is 3.23. The molecule has 2 aromatic rings. The van der Waals surface area contributed by atoms with Gasteiger partial charge in [-0.3, -0.25) is 9.59 Å². The number of rotatable bonds is 13. The molecule has 10 nitrogen and oxygen atoms in total. The number of carbonyl (C=O) groups excluding carboxylic acids is 2. The van der Waals surface area contributed by atoms with Gasteiger partial charge in [-0.05, 0) is 37.1 Å². The highest BCUT2D eigenvalue weighted by Gasteiger charge is 2.03. The molecule has 182 valence electrons. The van der Waals surface area contributed by atoms with Gasteiger partial charge in [-0.15, -0.1) is 0 Å². The van der Waals surface area contributed by atoms with Crippen molar-refractivity contribution in [1.82, 2.24) is 10.9 Å². The van der Waals surface area contributed by atoms with E-state index in [0.717, 1.165) is 38.5 Å². The van der Waals surface area contributed by atoms with Crippen molar-refractivity contribution in [1.29, 1.82) is 0 Å². The zero-order chi connectivity index (χ0) is 24.8. The number of phenolic OH excluding ortho intramolecular Hbond substituents is 4. The van der Waals surface area contributed by atoms with Gasteiger partial charge in [-0.25, -0.2) is 10.9 Å². The molecule has 6 N–H and O–H groups in total. The molecule has 0 aliphatic heterocycles. The van der Waals surface area contributed by atoms with Crippen LogP contribution in [0.2, 0.25) is 0 Å². The largest absolute Gasteiger partial charge is 0.508 e. The second-order valence-corrected chi connectivity index (χ2v) is 7.69. The van der Waals surface area contributed by atoms with Gasteiger partial charge in [-0.2, -0.15) is 10.2 Å². The molecule has 34 heavy (non-hydrogen) atoms. The van der Waals surface area contributed by atoms with Crippen LogP contribution in [0, 0.1) is 0 Å². The van der Waals surface area contributed by atoms with Crippen molar-refractivity contribution in [3.05, 3.63) is 47.5 Å². The number of hydrogen-bond donors (Lipinski definition) is 6. The van der Waals surface area contributed by atoms with Crippen molar-refractivity contribution in [3.8, 4) is 23.0 Å². The zero-order valence-corrected chi connectivity index (χ0v) is 18.8. The molecule has 2 rings (SSSR count). The van der Waals surface area contributed by atoms with Crippen LogP contribution in [0.25, 0.3) is 0 Å². The normalized spacial score (nSPS) is 11.2. The highest BCUT2D eigenvalue weighted by molar-refractivity contribution is 5.86. The monoisotopic (exact) mass is 470 g/mol. The number of unbranched alkanes of at least 4 members (excludes halogenated alkanes) is 5. The van der Waals surface area contributed by atoms with E-state index in [4.69, 9.17) is 0 Å². The lowest BCUT2D eigenvalue weighted by atomic mass is 10.1. The van der Waals surface area contributed by atoms with Crippen molar-refractivity contribution in [2.24, 2.45) is 10.2 Å². The Morgan fingerprint density at radius 3 is 1.41 bits per heavy atom. The molecule has 0 saturated carbocycles. The summed E-state index contributed by atoms with van der Waals surface area (Å²) in [6.07, 6.45) is 8.46. The maximum atomic E-state index is 11.8. The Hall–Kier alpha value is -4.08. The Labute approximate surface area is 197 Å². The SMILES string of the molecule is O=C(CCCCCCCCC(=O)N/N=C\c1ccc(O)cc1O)N/N=C\c1ccc(O)cc1O. The lowest BCUT2D eigenvalue weighted by molar-refractivity contribution is -0.122. The molecule has 0 bridgehead atoms. The van der Waals surface area contributed by atoms with Gasteiger partial charge in [0.25, 0.3) is 0 Å². The summed E-state index contributed by atoms with van der Waals surface area (Å²) >= 11 is 0. The number of nitrogens with one attached hydrogen (secondary N) is 2. The highest BCUT2D eigenvalue weighted by Crippen LogP contribution is 2.21. The van der Waals surface area contributed by atoms with E-state index < -0.39 is 0 Å². The van der Waals surface area contributed by atoms with E-state index in [2.05, 4.69) is 21.1 Å². The highest BCUT2D eigenvalue weighted by atomic mass is 16.3. The van der Waals surface area contributed by atoms with Gasteiger partial charge >= 0.3 is 0 Å². The molecule has 2 amide bonds. The first kappa shape index (κ1) is 26.2. The Kier molecular flexibility index (Phi) is 10.9. The van der Waals surface area contributed by atoms with Crippen LogP contribution in [0.3, 0.4) is 0 Å². The third kappa shape index (κ3) is 10.0. The third-order valence-corrected chi connectivity index (χ3v) is 4.87. The second kappa shape index (κ2) is 14.1. The summed E-state index contributed by atoms with van der Waals surface area (Å²) in [5.41, 5.74) is 5.58. The van der Waals surface area contributed by atoms with Crippen molar-refractivity contribution >= 4 is 24.2 Å². The van der Waals surface area contributed by atoms with Crippen molar-refractivity contribution < 1.29 is 30.0 Å². The van der Waals surface area contributed by atoms with Crippen LogP contribution in [0.4, 0.5) is 0 Å². The van der Waals surface area contributed by atoms with E-state index in [0.29, 0.717) is 24.0 Å². The minimum Gasteiger partial charge on any atom is -0.508 e. The predicted molar refractivity (Wildman–Crippen MR) is 128 cm³/mol. The molecule has 0 spiro atoms. The molecule has 0 saturated heterocycles. The number of carbonyl (C=O) groups is 2. The maximum absolute atomic E-state index is 11.8. The average molecular weight is 471 g/mol. The van der Waals surface area contributed by atoms with Gasteiger partial charge in [0.1, 0.15) is 23.0 Å². The van der Waals surface area contributed by atoms with Gasteiger partial charge in [0.2, 0.25) is 11.8 Å². The van der Waals surface area contributed by atoms with E-state index in [9.17, 15) is 30.0 Å². The van der Waals surface area contributed by atoms with Crippen LogP contribution < -0.4 is 10.9 Å². The molecule has 0 fully saturated rings. The lowest BCUT2D eigenvalue weighted by Gasteiger charge is -2.03. The van der Waals surface area contributed by atoms with Crippen molar-refractivity contribution in [3.63, 3.8) is 0 Å². The molecule has 0 atom stereocenters. The number of aromatic hydroxyl groups is 4. The molecule has 0 aromatic heterocycles. The smallest absolute Gasteiger partial charge is 0.240 e. The first-order chi connectivity index (χ1) is 16.3. The summed E-state index contributed by atoms with van der Waals surface area (Å²) in [7, 11) is 0. The maximum Gasteiger partial charge on any atom is 0.240 e. The van der Waals surface area contributed by atoms with Gasteiger partial charge in [0, 0.05) is 36.1 Å². The number of nitrogens with zero attached hydrogens (tertiary/aromatic N) is 2. The Balaban J connectivity index is 1.48. The van der Waals surface area contributed by atoms with E-state index in [1.807, 2.05) is 0 Å².